The molecular formula is C51H93N25O4S2. The quantitative estimate of drug-likeness (QED) is 0.127. The van der Waals surface area contributed by atoms with E-state index in [0.717, 1.165) is 62.0 Å². The molecule has 0 unspecified atom stereocenters. The maximum atomic E-state index is 4.85. The van der Waals surface area contributed by atoms with E-state index in [1.54, 1.807) is 55.9 Å². The molecule has 82 heavy (non-hydrogen) atoms. The maximum absolute atomic E-state index is 4.85. The van der Waals surface area contributed by atoms with Crippen LogP contribution in [0.3, 0.4) is 0 Å². The Kier molecular flexibility index (Phi) is 57.5. The largest absolute Gasteiger partial charge is 0.449 e. The van der Waals surface area contributed by atoms with Gasteiger partial charge in [0.25, 0.3) is 0 Å². The zero-order valence-corrected chi connectivity index (χ0v) is 55.1. The molecule has 11 aromatic heterocycles. The number of hydrogen-bond acceptors (Lipinski definition) is 26. The normalized spacial score (nSPS) is 8.43. The van der Waals surface area contributed by atoms with E-state index in [4.69, 9.17) is 8.83 Å². The molecule has 0 radical (unpaired) electrons. The molecule has 11 rings (SSSR count). The van der Waals surface area contributed by atoms with Crippen molar-refractivity contribution in [2.24, 2.45) is 14.1 Å². The van der Waals surface area contributed by atoms with Gasteiger partial charge in [0.2, 0.25) is 11.8 Å². The van der Waals surface area contributed by atoms with E-state index in [1.165, 1.54) is 61.2 Å². The van der Waals surface area contributed by atoms with Gasteiger partial charge in [0.15, 0.2) is 24.4 Å². The number of rotatable bonds is 0. The average molecular weight is 1180 g/mol. The second-order valence-corrected chi connectivity index (χ2v) is 15.8. The molecule has 0 bridgehead atoms. The summed E-state index contributed by atoms with van der Waals surface area (Å²) in [7, 11) is 3.70. The van der Waals surface area contributed by atoms with Crippen molar-refractivity contribution in [3.05, 3.63) is 143 Å². The summed E-state index contributed by atoms with van der Waals surface area (Å²) in [5, 5.41) is 38.6. The molecule has 0 saturated carbocycles. The predicted octanol–water partition coefficient (Wildman–Crippen LogP) is 11.4. The van der Waals surface area contributed by atoms with E-state index in [0.29, 0.717) is 23.4 Å². The Morgan fingerprint density at radius 3 is 0.829 bits per heavy atom. The molecule has 29 nitrogen and oxygen atoms in total. The first-order valence-corrected chi connectivity index (χ1v) is 27.6. The van der Waals surface area contributed by atoms with Gasteiger partial charge in [-0.15, -0.1) is 10.2 Å². The highest BCUT2D eigenvalue weighted by molar-refractivity contribution is 7.05. The molecule has 11 aromatic rings. The molecule has 11 heterocycles. The smallest absolute Gasteiger partial charge is 0.223 e. The van der Waals surface area contributed by atoms with Crippen LogP contribution < -0.4 is 0 Å². The van der Waals surface area contributed by atoms with Crippen LogP contribution in [-0.2, 0) is 14.1 Å². The number of aryl methyl sites for hydroxylation is 17. The van der Waals surface area contributed by atoms with E-state index in [1.807, 2.05) is 159 Å². The molecular weight excluding hydrogens is 1090 g/mol. The fraction of sp³-hybridized carbons (Fsp3) is 0.529. The summed E-state index contributed by atoms with van der Waals surface area (Å²) in [6.45, 7) is 48.0. The lowest BCUT2D eigenvalue weighted by atomic mass is 10.4. The summed E-state index contributed by atoms with van der Waals surface area (Å²) in [4.78, 5) is 38.3. The van der Waals surface area contributed by atoms with Crippen LogP contribution in [0.25, 0.3) is 0 Å². The predicted molar refractivity (Wildman–Crippen MR) is 320 cm³/mol. The van der Waals surface area contributed by atoms with Crippen molar-refractivity contribution in [2.45, 2.75) is 173 Å². The molecule has 0 saturated heterocycles. The molecule has 0 aliphatic carbocycles. The minimum absolute atomic E-state index is 0.623. The highest BCUT2D eigenvalue weighted by atomic mass is 32.1. The summed E-state index contributed by atoms with van der Waals surface area (Å²) in [6.07, 6.45) is 13.8. The Labute approximate surface area is 492 Å². The molecule has 0 amide bonds. The Morgan fingerprint density at radius 2 is 0.756 bits per heavy atom. The average Bonchev–Trinajstić information content (AvgIpc) is 4.28. The van der Waals surface area contributed by atoms with Crippen LogP contribution in [0, 0.1) is 104 Å². The zero-order valence-electron chi connectivity index (χ0n) is 53.5. The summed E-state index contributed by atoms with van der Waals surface area (Å²) in [5.74, 6) is 8.76. The monoisotopic (exact) mass is 1180 g/mol. The lowest BCUT2D eigenvalue weighted by molar-refractivity contribution is 0.389. The Morgan fingerprint density at radius 1 is 0.415 bits per heavy atom. The number of nitrogens with zero attached hydrogens (tertiary/aromatic N) is 22. The number of oxazole rings is 2. The lowest BCUT2D eigenvalue weighted by Gasteiger charge is -1.76. The molecule has 3 N–H and O–H groups in total. The molecule has 458 valence electrons. The first-order valence-electron chi connectivity index (χ1n) is 26.1. The molecule has 0 aliphatic heterocycles. The second-order valence-electron chi connectivity index (χ2n) is 13.8. The number of aromatic amines is 3. The lowest BCUT2D eigenvalue weighted by Crippen LogP contribution is -1.83. The first-order chi connectivity index (χ1) is 39.2. The van der Waals surface area contributed by atoms with E-state index < -0.39 is 0 Å². The molecule has 0 atom stereocenters. The molecule has 31 heteroatoms. The van der Waals surface area contributed by atoms with Gasteiger partial charge in [0.1, 0.15) is 94.9 Å². The Balaban J connectivity index is -0.000000261. The Bertz CT molecular complexity index is 2390. The van der Waals surface area contributed by atoms with Crippen molar-refractivity contribution >= 4 is 23.1 Å². The van der Waals surface area contributed by atoms with Crippen LogP contribution in [0.15, 0.2) is 75.0 Å². The minimum atomic E-state index is 0.623. The highest BCUT2D eigenvalue weighted by Crippen LogP contribution is 2.01. The van der Waals surface area contributed by atoms with Gasteiger partial charge in [-0.25, -0.2) is 39.9 Å². The molecule has 0 aromatic carbocycles. The molecule has 0 aliphatic rings. The van der Waals surface area contributed by atoms with Crippen LogP contribution in [-0.4, -0.2) is 124 Å². The van der Waals surface area contributed by atoms with Crippen molar-refractivity contribution in [2.75, 3.05) is 0 Å². The third-order valence-corrected chi connectivity index (χ3v) is 8.58. The van der Waals surface area contributed by atoms with Gasteiger partial charge >= 0.3 is 0 Å². The summed E-state index contributed by atoms with van der Waals surface area (Å²) in [5.41, 5.74) is 1.94. The zero-order chi connectivity index (χ0) is 63.7. The Hall–Kier alpha value is -8.48. The van der Waals surface area contributed by atoms with Gasteiger partial charge in [-0.05, 0) is 113 Å². The van der Waals surface area contributed by atoms with E-state index in [9.17, 15) is 0 Å². The van der Waals surface area contributed by atoms with Crippen LogP contribution in [0.5, 0.6) is 0 Å². The van der Waals surface area contributed by atoms with Gasteiger partial charge in [-0.2, -0.15) is 39.1 Å². The fourth-order valence-corrected chi connectivity index (χ4v) is 4.60. The number of H-pyrrole nitrogens is 3. The standard InChI is InChI=1S/2C5H7NO.2C4H6N2O.2C4H6N2S.5C3H5N3.5C2H6/c2*1-4-5(2)7-3-6-4;4*1-3-5-4(2)7-6-3;1-6-2-4-5-3-6;1-6-3-4-2-5-6;3*1-3-4-2-5-6-3;5*1-2/h2*3H,1-2H3;4*1-2H3;2*2-3H,1H3;3*2H,1H3,(H,4,5,6);5*1-2H3. The van der Waals surface area contributed by atoms with Gasteiger partial charge < -0.3 is 22.4 Å². The summed E-state index contributed by atoms with van der Waals surface area (Å²) in [6, 6.07) is 0. The van der Waals surface area contributed by atoms with Gasteiger partial charge in [-0.1, -0.05) is 79.6 Å². The second kappa shape index (κ2) is 57.2. The maximum Gasteiger partial charge on any atom is 0.223 e. The summed E-state index contributed by atoms with van der Waals surface area (Å²) < 4.78 is 30.2. The van der Waals surface area contributed by atoms with Crippen molar-refractivity contribution in [3.63, 3.8) is 0 Å². The summed E-state index contributed by atoms with van der Waals surface area (Å²) >= 11 is 2.89. The molecule has 0 spiro atoms. The van der Waals surface area contributed by atoms with Crippen molar-refractivity contribution in [1.29, 1.82) is 0 Å². The number of nitrogens with one attached hydrogen (secondary N) is 3. The number of hydrogen-bond donors (Lipinski definition) is 3. The van der Waals surface area contributed by atoms with Crippen molar-refractivity contribution in [3.8, 4) is 0 Å². The van der Waals surface area contributed by atoms with Gasteiger partial charge in [-0.3, -0.25) is 20.0 Å². The van der Waals surface area contributed by atoms with Gasteiger partial charge in [0, 0.05) is 27.9 Å². The van der Waals surface area contributed by atoms with Crippen molar-refractivity contribution < 1.29 is 17.9 Å². The van der Waals surface area contributed by atoms with E-state index >= 15 is 0 Å². The first kappa shape index (κ1) is 82.4. The van der Waals surface area contributed by atoms with E-state index in [2.05, 4.69) is 124 Å². The fourth-order valence-electron chi connectivity index (χ4n) is 3.64. The third kappa shape index (κ3) is 52.2. The van der Waals surface area contributed by atoms with Crippen molar-refractivity contribution in [1.82, 2.24) is 124 Å². The highest BCUT2D eigenvalue weighted by Gasteiger charge is 1.93. The van der Waals surface area contributed by atoms with Crippen LogP contribution in [0.2, 0.25) is 0 Å². The SMILES string of the molecule is CC.CC.CC.CC.CC.Cc1ncn[nH]1.Cc1ncn[nH]1.Cc1ncn[nH]1.Cc1ncoc1C.Cc1ncoc1C.Cc1noc(C)n1.Cc1noc(C)n1.Cc1nsc(C)n1.Cc1nsc(C)n1.Cn1cncn1.Cn1cnnc1. The number of aromatic nitrogens is 25. The molecule has 0 fully saturated rings. The van der Waals surface area contributed by atoms with Crippen LogP contribution in [0.1, 0.15) is 155 Å². The third-order valence-electron chi connectivity index (χ3n) is 7.16. The van der Waals surface area contributed by atoms with Crippen LogP contribution >= 0.6 is 23.1 Å². The van der Waals surface area contributed by atoms with E-state index in [-0.39, 0.29) is 0 Å². The van der Waals surface area contributed by atoms with Gasteiger partial charge in [0.05, 0.1) is 11.4 Å². The van der Waals surface area contributed by atoms with Crippen LogP contribution in [0.4, 0.5) is 0 Å². The topological polar surface area (TPSA) is 368 Å². The minimum Gasteiger partial charge on any atom is -0.449 e.